The summed E-state index contributed by atoms with van der Waals surface area (Å²) in [6, 6.07) is 7.66. The first kappa shape index (κ1) is 14.2. The second kappa shape index (κ2) is 8.02. The molecule has 0 amide bonds. The van der Waals surface area contributed by atoms with Crippen LogP contribution in [0.4, 0.5) is 0 Å². The Morgan fingerprint density at radius 1 is 1.16 bits per heavy atom. The van der Waals surface area contributed by atoms with Gasteiger partial charge >= 0.3 is 0 Å². The predicted molar refractivity (Wildman–Crippen MR) is 74.9 cm³/mol. The molecule has 1 unspecified atom stereocenters. The normalized spacial score (nSPS) is 18.5. The van der Waals surface area contributed by atoms with Crippen LogP contribution in [0, 0.1) is 5.92 Å². The highest BCUT2D eigenvalue weighted by Gasteiger charge is 2.13. The minimum Gasteiger partial charge on any atom is -0.493 e. The van der Waals surface area contributed by atoms with E-state index >= 15 is 0 Å². The molecule has 0 saturated carbocycles. The highest BCUT2D eigenvalue weighted by molar-refractivity contribution is 5.39. The van der Waals surface area contributed by atoms with Gasteiger partial charge in [0.25, 0.3) is 0 Å². The zero-order valence-electron chi connectivity index (χ0n) is 11.6. The van der Waals surface area contributed by atoms with E-state index in [2.05, 4.69) is 5.32 Å². The lowest BCUT2D eigenvalue weighted by Crippen LogP contribution is -2.13. The van der Waals surface area contributed by atoms with Crippen LogP contribution in [0.15, 0.2) is 24.3 Å². The molecule has 4 nitrogen and oxygen atoms in total. The molecule has 0 aliphatic carbocycles. The average Bonchev–Trinajstić information content (AvgIpc) is 2.96. The van der Waals surface area contributed by atoms with Crippen molar-refractivity contribution in [2.24, 2.45) is 5.92 Å². The molecule has 1 heterocycles. The number of nitrogens with one attached hydrogen (secondary N) is 1. The van der Waals surface area contributed by atoms with E-state index in [4.69, 9.17) is 14.2 Å². The third-order valence-corrected chi connectivity index (χ3v) is 3.39. The van der Waals surface area contributed by atoms with Gasteiger partial charge in [-0.05, 0) is 44.0 Å². The van der Waals surface area contributed by atoms with Gasteiger partial charge in [-0.1, -0.05) is 12.1 Å². The molecular weight excluding hydrogens is 242 g/mol. The fourth-order valence-corrected chi connectivity index (χ4v) is 2.26. The van der Waals surface area contributed by atoms with Crippen LogP contribution in [0.1, 0.15) is 12.8 Å². The molecule has 0 spiro atoms. The Morgan fingerprint density at radius 2 is 2.00 bits per heavy atom. The van der Waals surface area contributed by atoms with Crippen LogP contribution >= 0.6 is 0 Å². The van der Waals surface area contributed by atoms with Gasteiger partial charge in [0, 0.05) is 6.61 Å². The molecule has 19 heavy (non-hydrogen) atoms. The largest absolute Gasteiger partial charge is 0.493 e. The van der Waals surface area contributed by atoms with Crippen LogP contribution in [0.2, 0.25) is 0 Å². The summed E-state index contributed by atoms with van der Waals surface area (Å²) in [5, 5.41) is 3.36. The van der Waals surface area contributed by atoms with Crippen LogP contribution in [-0.4, -0.2) is 40.0 Å². The highest BCUT2D eigenvalue weighted by atomic mass is 16.5. The van der Waals surface area contributed by atoms with Crippen LogP contribution in [0.5, 0.6) is 11.5 Å². The lowest BCUT2D eigenvalue weighted by atomic mass is 10.1. The molecule has 1 saturated heterocycles. The van der Waals surface area contributed by atoms with Crippen molar-refractivity contribution >= 4 is 0 Å². The second-order valence-electron chi connectivity index (χ2n) is 4.76. The number of ether oxygens (including phenoxy) is 3. The highest BCUT2D eigenvalue weighted by Crippen LogP contribution is 2.25. The molecule has 4 heteroatoms. The average molecular weight is 265 g/mol. The van der Waals surface area contributed by atoms with Crippen LogP contribution in [0.25, 0.3) is 0 Å². The number of benzene rings is 1. The second-order valence-corrected chi connectivity index (χ2v) is 4.76. The van der Waals surface area contributed by atoms with Crippen molar-refractivity contribution in [3.63, 3.8) is 0 Å². The minimum atomic E-state index is 0.559. The van der Waals surface area contributed by atoms with Crippen molar-refractivity contribution in [3.8, 4) is 11.5 Å². The summed E-state index contributed by atoms with van der Waals surface area (Å²) < 4.78 is 16.5. The molecule has 1 aliphatic heterocycles. The summed E-state index contributed by atoms with van der Waals surface area (Å²) in [6.07, 6.45) is 2.42. The van der Waals surface area contributed by atoms with Crippen molar-refractivity contribution in [1.82, 2.24) is 5.32 Å². The quantitative estimate of drug-likeness (QED) is 0.731. The molecule has 1 aliphatic rings. The lowest BCUT2D eigenvalue weighted by Gasteiger charge is -2.11. The topological polar surface area (TPSA) is 39.7 Å². The number of para-hydroxylation sites is 2. The number of rotatable bonds is 8. The van der Waals surface area contributed by atoms with E-state index in [1.54, 1.807) is 7.11 Å². The smallest absolute Gasteiger partial charge is 0.161 e. The number of methoxy groups -OCH3 is 1. The van der Waals surface area contributed by atoms with Gasteiger partial charge in [0.1, 0.15) is 6.61 Å². The van der Waals surface area contributed by atoms with E-state index in [1.165, 1.54) is 6.42 Å². The van der Waals surface area contributed by atoms with Crippen LogP contribution in [-0.2, 0) is 4.74 Å². The predicted octanol–water partition coefficient (Wildman–Crippen LogP) is 2.09. The van der Waals surface area contributed by atoms with Crippen LogP contribution in [0.3, 0.4) is 0 Å². The Hall–Kier alpha value is -1.26. The summed E-state index contributed by atoms with van der Waals surface area (Å²) in [7, 11) is 1.65. The Labute approximate surface area is 115 Å². The monoisotopic (exact) mass is 265 g/mol. The van der Waals surface area contributed by atoms with E-state index in [0.717, 1.165) is 43.5 Å². The van der Waals surface area contributed by atoms with Crippen molar-refractivity contribution in [2.45, 2.75) is 12.8 Å². The van der Waals surface area contributed by atoms with E-state index in [0.29, 0.717) is 13.2 Å². The summed E-state index contributed by atoms with van der Waals surface area (Å²) in [6.45, 7) is 4.30. The summed E-state index contributed by atoms with van der Waals surface area (Å²) in [5.41, 5.74) is 0. The third kappa shape index (κ3) is 4.73. The van der Waals surface area contributed by atoms with Gasteiger partial charge in [-0.15, -0.1) is 0 Å². The molecule has 1 N–H and O–H groups in total. The maximum absolute atomic E-state index is 5.64. The Balaban J connectivity index is 1.56. The van der Waals surface area contributed by atoms with Crippen LogP contribution < -0.4 is 14.8 Å². The SMILES string of the molecule is COc1ccccc1OCCOCCC1CCNC1. The first-order valence-electron chi connectivity index (χ1n) is 6.94. The molecule has 1 fully saturated rings. The van der Waals surface area contributed by atoms with Crippen molar-refractivity contribution in [1.29, 1.82) is 0 Å². The molecule has 0 bridgehead atoms. The van der Waals surface area contributed by atoms with E-state index in [1.807, 2.05) is 24.3 Å². The molecular formula is C15H23NO3. The number of hydrogen-bond donors (Lipinski definition) is 1. The van der Waals surface area contributed by atoms with Gasteiger partial charge in [-0.25, -0.2) is 0 Å². The molecule has 106 valence electrons. The summed E-state index contributed by atoms with van der Waals surface area (Å²) in [4.78, 5) is 0. The molecule has 0 aromatic heterocycles. The minimum absolute atomic E-state index is 0.559. The first-order chi connectivity index (χ1) is 9.40. The van der Waals surface area contributed by atoms with Crippen molar-refractivity contribution < 1.29 is 14.2 Å². The zero-order valence-corrected chi connectivity index (χ0v) is 11.6. The maximum Gasteiger partial charge on any atom is 0.161 e. The Morgan fingerprint density at radius 3 is 2.74 bits per heavy atom. The molecule has 2 rings (SSSR count). The van der Waals surface area contributed by atoms with Gasteiger partial charge in [0.05, 0.1) is 13.7 Å². The molecule has 1 aromatic rings. The van der Waals surface area contributed by atoms with E-state index in [-0.39, 0.29) is 0 Å². The first-order valence-corrected chi connectivity index (χ1v) is 6.94. The van der Waals surface area contributed by atoms with Gasteiger partial charge in [-0.2, -0.15) is 0 Å². The molecule has 1 aromatic carbocycles. The molecule has 1 atom stereocenters. The number of hydrogen-bond acceptors (Lipinski definition) is 4. The Kier molecular flexibility index (Phi) is 5.98. The van der Waals surface area contributed by atoms with Gasteiger partial charge < -0.3 is 19.5 Å². The molecule has 0 radical (unpaired) electrons. The van der Waals surface area contributed by atoms with Gasteiger partial charge in [0.2, 0.25) is 0 Å². The zero-order chi connectivity index (χ0) is 13.3. The van der Waals surface area contributed by atoms with E-state index in [9.17, 15) is 0 Å². The van der Waals surface area contributed by atoms with Crippen molar-refractivity contribution in [3.05, 3.63) is 24.3 Å². The fourth-order valence-electron chi connectivity index (χ4n) is 2.26. The van der Waals surface area contributed by atoms with Gasteiger partial charge in [0.15, 0.2) is 11.5 Å². The Bertz CT molecular complexity index is 364. The maximum atomic E-state index is 5.64. The van der Waals surface area contributed by atoms with E-state index < -0.39 is 0 Å². The van der Waals surface area contributed by atoms with Crippen molar-refractivity contribution in [2.75, 3.05) is 40.0 Å². The lowest BCUT2D eigenvalue weighted by molar-refractivity contribution is 0.0905. The van der Waals surface area contributed by atoms with Gasteiger partial charge in [-0.3, -0.25) is 0 Å². The summed E-state index contributed by atoms with van der Waals surface area (Å²) >= 11 is 0. The fraction of sp³-hybridized carbons (Fsp3) is 0.600. The standard InChI is InChI=1S/C15H23NO3/c1-17-14-4-2-3-5-15(14)19-11-10-18-9-7-13-6-8-16-12-13/h2-5,13,16H,6-12H2,1H3. The third-order valence-electron chi connectivity index (χ3n) is 3.39. The summed E-state index contributed by atoms with van der Waals surface area (Å²) in [5.74, 6) is 2.32.